The predicted molar refractivity (Wildman–Crippen MR) is 113 cm³/mol. The fourth-order valence-electron chi connectivity index (χ4n) is 3.24. The number of nitrogens with one attached hydrogen (secondary N) is 1. The van der Waals surface area contributed by atoms with Crippen LogP contribution in [-0.2, 0) is 11.2 Å². The number of carbonyl (C=O) groups is 1. The summed E-state index contributed by atoms with van der Waals surface area (Å²) in [5.41, 5.74) is 2.80. The highest BCUT2D eigenvalue weighted by Gasteiger charge is 2.26. The van der Waals surface area contributed by atoms with Crippen LogP contribution in [0.3, 0.4) is 0 Å². The minimum Gasteiger partial charge on any atom is -0.494 e. The number of benzene rings is 2. The van der Waals surface area contributed by atoms with E-state index in [9.17, 15) is 14.9 Å². The van der Waals surface area contributed by atoms with Gasteiger partial charge in [-0.3, -0.25) is 14.9 Å². The summed E-state index contributed by atoms with van der Waals surface area (Å²) in [5.74, 6) is 0.412. The van der Waals surface area contributed by atoms with Crippen molar-refractivity contribution < 1.29 is 19.8 Å². The molecule has 2 aromatic rings. The molecule has 0 unspecified atom stereocenters. The van der Waals surface area contributed by atoms with E-state index in [1.807, 2.05) is 6.92 Å². The van der Waals surface area contributed by atoms with E-state index in [4.69, 9.17) is 4.74 Å². The highest BCUT2D eigenvalue weighted by atomic mass is 16.6. The number of non-ortho nitro benzene ring substituents is 1. The number of amides is 1. The molecule has 1 amide bonds. The van der Waals surface area contributed by atoms with Crippen molar-refractivity contribution in [1.29, 1.82) is 0 Å². The summed E-state index contributed by atoms with van der Waals surface area (Å²) in [7, 11) is 1.42. The number of nitro benzene ring substituents is 1. The Balaban J connectivity index is 2.12. The third kappa shape index (κ3) is 5.77. The molecule has 0 aliphatic carbocycles. The van der Waals surface area contributed by atoms with Crippen molar-refractivity contribution in [2.75, 3.05) is 12.4 Å². The number of ether oxygens (including phenoxy) is 1. The van der Waals surface area contributed by atoms with E-state index in [0.717, 1.165) is 6.42 Å². The minimum absolute atomic E-state index is 0.0881. The first-order chi connectivity index (χ1) is 13.8. The lowest BCUT2D eigenvalue weighted by Gasteiger charge is -2.23. The highest BCUT2D eigenvalue weighted by molar-refractivity contribution is 5.95. The average molecular weight is 400 g/mol. The van der Waals surface area contributed by atoms with E-state index in [0.29, 0.717) is 11.6 Å². The SMILES string of the molecule is CCc1ccc([C@H]([NH2+][C@H](C)C(=O)Nc2ccc([N+](=O)[O-])cc2OC)C(C)C)cc1. The summed E-state index contributed by atoms with van der Waals surface area (Å²) < 4.78 is 5.20. The molecule has 0 radical (unpaired) electrons. The molecule has 7 heteroatoms. The van der Waals surface area contributed by atoms with E-state index < -0.39 is 4.92 Å². The number of rotatable bonds is 9. The second-order valence-electron chi connectivity index (χ2n) is 7.48. The minimum atomic E-state index is -0.498. The molecule has 0 aromatic heterocycles. The molecule has 0 spiro atoms. The van der Waals surface area contributed by atoms with Gasteiger partial charge in [0.05, 0.1) is 23.8 Å². The maximum absolute atomic E-state index is 12.8. The number of nitrogens with zero attached hydrogens (tertiary/aromatic N) is 1. The lowest BCUT2D eigenvalue weighted by atomic mass is 9.94. The highest BCUT2D eigenvalue weighted by Crippen LogP contribution is 2.29. The average Bonchev–Trinajstić information content (AvgIpc) is 2.71. The molecule has 0 aliphatic heterocycles. The fraction of sp³-hybridized carbons (Fsp3) is 0.409. The standard InChI is InChI=1S/C22H29N3O4/c1-6-16-7-9-17(10-8-16)21(14(2)3)23-15(4)22(26)24-19-12-11-18(25(27)28)13-20(19)29-5/h7-15,21,23H,6H2,1-5H3,(H,24,26)/p+1/t15-,21-/m1/s1. The van der Waals surface area contributed by atoms with Gasteiger partial charge in [-0.05, 0) is 25.0 Å². The third-order valence-electron chi connectivity index (χ3n) is 5.05. The monoisotopic (exact) mass is 400 g/mol. The lowest BCUT2D eigenvalue weighted by molar-refractivity contribution is -0.718. The molecule has 29 heavy (non-hydrogen) atoms. The van der Waals surface area contributed by atoms with Crippen molar-refractivity contribution >= 4 is 17.3 Å². The topological polar surface area (TPSA) is 98.1 Å². The van der Waals surface area contributed by atoms with Crippen LogP contribution in [0, 0.1) is 16.0 Å². The van der Waals surface area contributed by atoms with Crippen molar-refractivity contribution in [2.24, 2.45) is 5.92 Å². The summed E-state index contributed by atoms with van der Waals surface area (Å²) in [5, 5.41) is 15.8. The quantitative estimate of drug-likeness (QED) is 0.497. The van der Waals surface area contributed by atoms with E-state index in [1.165, 1.54) is 36.4 Å². The Labute approximate surface area is 171 Å². The van der Waals surface area contributed by atoms with E-state index in [-0.39, 0.29) is 29.4 Å². The van der Waals surface area contributed by atoms with Gasteiger partial charge in [-0.25, -0.2) is 0 Å². The number of carbonyl (C=O) groups excluding carboxylic acids is 1. The molecule has 0 saturated heterocycles. The van der Waals surface area contributed by atoms with Crippen LogP contribution in [0.1, 0.15) is 44.9 Å². The molecule has 0 saturated carbocycles. The van der Waals surface area contributed by atoms with Gasteiger partial charge in [-0.1, -0.05) is 45.0 Å². The summed E-state index contributed by atoms with van der Waals surface area (Å²) in [6, 6.07) is 12.4. The normalized spacial score (nSPS) is 13.0. The van der Waals surface area contributed by atoms with Gasteiger partial charge in [-0.2, -0.15) is 0 Å². The van der Waals surface area contributed by atoms with Crippen molar-refractivity contribution in [3.05, 3.63) is 63.7 Å². The number of nitro groups is 1. The summed E-state index contributed by atoms with van der Waals surface area (Å²) in [6.45, 7) is 8.25. The van der Waals surface area contributed by atoms with Crippen molar-refractivity contribution in [2.45, 2.75) is 46.2 Å². The van der Waals surface area contributed by atoms with Crippen LogP contribution in [0.4, 0.5) is 11.4 Å². The largest absolute Gasteiger partial charge is 0.494 e. The molecule has 2 aromatic carbocycles. The first kappa shape index (κ1) is 22.4. The third-order valence-corrected chi connectivity index (χ3v) is 5.05. The van der Waals surface area contributed by atoms with Crippen LogP contribution in [-0.4, -0.2) is 24.0 Å². The van der Waals surface area contributed by atoms with Gasteiger partial charge in [0.1, 0.15) is 11.8 Å². The molecular weight excluding hydrogens is 370 g/mol. The van der Waals surface area contributed by atoms with Crippen LogP contribution in [0.5, 0.6) is 5.75 Å². The van der Waals surface area contributed by atoms with Gasteiger partial charge in [0.15, 0.2) is 6.04 Å². The number of methoxy groups -OCH3 is 1. The lowest BCUT2D eigenvalue weighted by Crippen LogP contribution is -2.93. The first-order valence-electron chi connectivity index (χ1n) is 9.83. The zero-order valence-electron chi connectivity index (χ0n) is 17.6. The van der Waals surface area contributed by atoms with Crippen molar-refractivity contribution in [3.8, 4) is 5.75 Å². The van der Waals surface area contributed by atoms with Crippen molar-refractivity contribution in [1.82, 2.24) is 0 Å². The Kier molecular flexibility index (Phi) is 7.73. The predicted octanol–water partition coefficient (Wildman–Crippen LogP) is 3.45. The molecular formula is C22H30N3O4+. The Morgan fingerprint density at radius 3 is 2.34 bits per heavy atom. The van der Waals surface area contributed by atoms with Gasteiger partial charge in [0, 0.05) is 17.5 Å². The van der Waals surface area contributed by atoms with E-state index in [1.54, 1.807) is 0 Å². The fourth-order valence-corrected chi connectivity index (χ4v) is 3.24. The van der Waals surface area contributed by atoms with Crippen LogP contribution in [0.2, 0.25) is 0 Å². The molecule has 0 bridgehead atoms. The molecule has 156 valence electrons. The molecule has 0 heterocycles. The van der Waals surface area contributed by atoms with Crippen LogP contribution in [0.25, 0.3) is 0 Å². The first-order valence-corrected chi connectivity index (χ1v) is 9.83. The van der Waals surface area contributed by atoms with Crippen LogP contribution < -0.4 is 15.4 Å². The smallest absolute Gasteiger partial charge is 0.282 e. The Morgan fingerprint density at radius 2 is 1.83 bits per heavy atom. The van der Waals surface area contributed by atoms with Gasteiger partial charge >= 0.3 is 0 Å². The van der Waals surface area contributed by atoms with Crippen LogP contribution in [0.15, 0.2) is 42.5 Å². The molecule has 2 atom stereocenters. The number of nitrogens with two attached hydrogens (primary N) is 1. The van der Waals surface area contributed by atoms with Gasteiger partial charge in [0.2, 0.25) is 0 Å². The molecule has 3 N–H and O–H groups in total. The van der Waals surface area contributed by atoms with Gasteiger partial charge in [-0.15, -0.1) is 0 Å². The second-order valence-corrected chi connectivity index (χ2v) is 7.48. The zero-order chi connectivity index (χ0) is 21.6. The van der Waals surface area contributed by atoms with E-state index >= 15 is 0 Å². The van der Waals surface area contributed by atoms with Gasteiger partial charge < -0.3 is 15.4 Å². The maximum Gasteiger partial charge on any atom is 0.282 e. The Morgan fingerprint density at radius 1 is 1.17 bits per heavy atom. The summed E-state index contributed by atoms with van der Waals surface area (Å²) >= 11 is 0. The maximum atomic E-state index is 12.8. The Bertz CT molecular complexity index is 850. The Hall–Kier alpha value is -2.93. The number of quaternary nitrogens is 1. The molecule has 0 fully saturated rings. The number of aryl methyl sites for hydroxylation is 1. The number of hydrogen-bond acceptors (Lipinski definition) is 4. The molecule has 7 nitrogen and oxygen atoms in total. The van der Waals surface area contributed by atoms with E-state index in [2.05, 4.69) is 55.7 Å². The summed E-state index contributed by atoms with van der Waals surface area (Å²) in [4.78, 5) is 23.2. The van der Waals surface area contributed by atoms with Crippen molar-refractivity contribution in [3.63, 3.8) is 0 Å². The zero-order valence-corrected chi connectivity index (χ0v) is 17.6. The molecule has 2 rings (SSSR count). The second kappa shape index (κ2) is 10.0. The van der Waals surface area contributed by atoms with Crippen LogP contribution >= 0.6 is 0 Å². The number of hydrogen-bond donors (Lipinski definition) is 2. The number of anilines is 1. The van der Waals surface area contributed by atoms with Gasteiger partial charge in [0.25, 0.3) is 11.6 Å². The molecule has 0 aliphatic rings. The summed E-state index contributed by atoms with van der Waals surface area (Å²) in [6.07, 6.45) is 0.992.